The monoisotopic (exact) mass is 325 g/mol. The first-order chi connectivity index (χ1) is 11.8. The van der Waals surface area contributed by atoms with Gasteiger partial charge in [-0.15, -0.1) is 0 Å². The predicted octanol–water partition coefficient (Wildman–Crippen LogP) is 1.81. The van der Waals surface area contributed by atoms with E-state index in [1.54, 1.807) is 6.20 Å². The van der Waals surface area contributed by atoms with Crippen molar-refractivity contribution in [3.05, 3.63) is 66.0 Å². The molecular formula is C19H23N3O2. The van der Waals surface area contributed by atoms with Gasteiger partial charge < -0.3 is 10.1 Å². The van der Waals surface area contributed by atoms with E-state index in [2.05, 4.69) is 27.3 Å². The Morgan fingerprint density at radius 2 is 1.88 bits per heavy atom. The van der Waals surface area contributed by atoms with E-state index in [1.807, 2.05) is 36.4 Å². The molecule has 24 heavy (non-hydrogen) atoms. The van der Waals surface area contributed by atoms with Crippen molar-refractivity contribution in [3.63, 3.8) is 0 Å². The minimum Gasteiger partial charge on any atom is -0.379 e. The second-order valence-electron chi connectivity index (χ2n) is 5.95. The molecule has 3 rings (SSSR count). The SMILES string of the molecule is O=C(CN1CCOCC1)NC(Cc1ccccc1)c1ccccn1. The summed E-state index contributed by atoms with van der Waals surface area (Å²) < 4.78 is 5.33. The number of amides is 1. The average Bonchev–Trinajstić information content (AvgIpc) is 2.63. The van der Waals surface area contributed by atoms with Crippen molar-refractivity contribution in [2.45, 2.75) is 12.5 Å². The van der Waals surface area contributed by atoms with Crippen LogP contribution in [0.2, 0.25) is 0 Å². The van der Waals surface area contributed by atoms with Crippen molar-refractivity contribution in [2.75, 3.05) is 32.8 Å². The molecule has 2 heterocycles. The lowest BCUT2D eigenvalue weighted by Crippen LogP contribution is -2.44. The molecule has 0 saturated carbocycles. The van der Waals surface area contributed by atoms with Gasteiger partial charge in [0, 0.05) is 19.3 Å². The number of rotatable bonds is 6. The molecule has 0 bridgehead atoms. The number of hydrogen-bond donors (Lipinski definition) is 1. The normalized spacial score (nSPS) is 16.5. The van der Waals surface area contributed by atoms with E-state index < -0.39 is 0 Å². The van der Waals surface area contributed by atoms with Crippen LogP contribution >= 0.6 is 0 Å². The number of carbonyl (C=O) groups is 1. The van der Waals surface area contributed by atoms with Gasteiger partial charge in [-0.05, 0) is 24.1 Å². The Morgan fingerprint density at radius 3 is 2.58 bits per heavy atom. The van der Waals surface area contributed by atoms with Gasteiger partial charge in [0.15, 0.2) is 0 Å². The molecule has 0 radical (unpaired) electrons. The van der Waals surface area contributed by atoms with Gasteiger partial charge in [0.1, 0.15) is 0 Å². The topological polar surface area (TPSA) is 54.5 Å². The fraction of sp³-hybridized carbons (Fsp3) is 0.368. The van der Waals surface area contributed by atoms with Crippen LogP contribution < -0.4 is 5.32 Å². The van der Waals surface area contributed by atoms with Crippen molar-refractivity contribution < 1.29 is 9.53 Å². The predicted molar refractivity (Wildman–Crippen MR) is 92.5 cm³/mol. The molecule has 1 unspecified atom stereocenters. The third-order valence-electron chi connectivity index (χ3n) is 4.13. The molecule has 1 saturated heterocycles. The summed E-state index contributed by atoms with van der Waals surface area (Å²) in [6, 6.07) is 15.9. The molecule has 2 aromatic rings. The maximum absolute atomic E-state index is 12.5. The number of carbonyl (C=O) groups excluding carboxylic acids is 1. The van der Waals surface area contributed by atoms with Gasteiger partial charge in [-0.25, -0.2) is 0 Å². The van der Waals surface area contributed by atoms with E-state index in [4.69, 9.17) is 4.74 Å². The molecule has 1 aliphatic heterocycles. The van der Waals surface area contributed by atoms with Crippen LogP contribution in [0.25, 0.3) is 0 Å². The van der Waals surface area contributed by atoms with Crippen LogP contribution in [0.3, 0.4) is 0 Å². The van der Waals surface area contributed by atoms with Crippen LogP contribution in [0.4, 0.5) is 0 Å². The highest BCUT2D eigenvalue weighted by Gasteiger charge is 2.19. The summed E-state index contributed by atoms with van der Waals surface area (Å²) in [6.45, 7) is 3.41. The number of nitrogens with zero attached hydrogens (tertiary/aromatic N) is 2. The highest BCUT2D eigenvalue weighted by molar-refractivity contribution is 5.78. The van der Waals surface area contributed by atoms with E-state index in [0.29, 0.717) is 19.8 Å². The number of nitrogens with one attached hydrogen (secondary N) is 1. The Labute approximate surface area is 142 Å². The summed E-state index contributed by atoms with van der Waals surface area (Å²) in [4.78, 5) is 19.0. The van der Waals surface area contributed by atoms with Crippen LogP contribution in [-0.4, -0.2) is 48.6 Å². The number of ether oxygens (including phenoxy) is 1. The molecule has 1 fully saturated rings. The van der Waals surface area contributed by atoms with Crippen molar-refractivity contribution in [2.24, 2.45) is 0 Å². The zero-order valence-electron chi connectivity index (χ0n) is 13.7. The van der Waals surface area contributed by atoms with E-state index in [-0.39, 0.29) is 11.9 Å². The molecule has 0 spiro atoms. The summed E-state index contributed by atoms with van der Waals surface area (Å²) in [5.41, 5.74) is 2.07. The molecule has 1 N–H and O–H groups in total. The first-order valence-corrected chi connectivity index (χ1v) is 8.35. The maximum Gasteiger partial charge on any atom is 0.234 e. The summed E-state index contributed by atoms with van der Waals surface area (Å²) in [6.07, 6.45) is 2.49. The third-order valence-corrected chi connectivity index (χ3v) is 4.13. The lowest BCUT2D eigenvalue weighted by Gasteiger charge is -2.27. The molecule has 1 aromatic carbocycles. The van der Waals surface area contributed by atoms with Crippen LogP contribution in [0.15, 0.2) is 54.7 Å². The zero-order valence-corrected chi connectivity index (χ0v) is 13.7. The molecule has 1 atom stereocenters. The molecule has 1 amide bonds. The molecule has 5 heteroatoms. The van der Waals surface area contributed by atoms with Crippen LogP contribution in [-0.2, 0) is 16.0 Å². The van der Waals surface area contributed by atoms with Crippen LogP contribution in [0.5, 0.6) is 0 Å². The number of morpholine rings is 1. The van der Waals surface area contributed by atoms with E-state index in [1.165, 1.54) is 5.56 Å². The fourth-order valence-corrected chi connectivity index (χ4v) is 2.86. The lowest BCUT2D eigenvalue weighted by molar-refractivity contribution is -0.124. The van der Waals surface area contributed by atoms with Gasteiger partial charge in [-0.2, -0.15) is 0 Å². The lowest BCUT2D eigenvalue weighted by atomic mass is 10.0. The van der Waals surface area contributed by atoms with Crippen molar-refractivity contribution in [1.29, 1.82) is 0 Å². The minimum atomic E-state index is -0.123. The maximum atomic E-state index is 12.5. The van der Waals surface area contributed by atoms with E-state index in [9.17, 15) is 4.79 Å². The van der Waals surface area contributed by atoms with Gasteiger partial charge in [0.05, 0.1) is 31.5 Å². The van der Waals surface area contributed by atoms with Gasteiger partial charge in [0.2, 0.25) is 5.91 Å². The second kappa shape index (κ2) is 8.57. The minimum absolute atomic E-state index is 0.0310. The summed E-state index contributed by atoms with van der Waals surface area (Å²) in [5, 5.41) is 3.15. The Morgan fingerprint density at radius 1 is 1.12 bits per heavy atom. The number of benzene rings is 1. The Balaban J connectivity index is 1.66. The Hall–Kier alpha value is -2.24. The quantitative estimate of drug-likeness (QED) is 0.880. The number of aromatic nitrogens is 1. The van der Waals surface area contributed by atoms with Crippen LogP contribution in [0.1, 0.15) is 17.3 Å². The van der Waals surface area contributed by atoms with Gasteiger partial charge in [0.25, 0.3) is 0 Å². The van der Waals surface area contributed by atoms with Crippen molar-refractivity contribution >= 4 is 5.91 Å². The number of pyridine rings is 1. The van der Waals surface area contributed by atoms with E-state index in [0.717, 1.165) is 25.2 Å². The van der Waals surface area contributed by atoms with Gasteiger partial charge >= 0.3 is 0 Å². The molecule has 5 nitrogen and oxygen atoms in total. The fourth-order valence-electron chi connectivity index (χ4n) is 2.86. The number of hydrogen-bond acceptors (Lipinski definition) is 4. The zero-order chi connectivity index (χ0) is 16.6. The smallest absolute Gasteiger partial charge is 0.234 e. The molecule has 126 valence electrons. The average molecular weight is 325 g/mol. The standard InChI is InChI=1S/C19H23N3O2/c23-19(15-22-10-12-24-13-11-22)21-18(17-8-4-5-9-20-17)14-16-6-2-1-3-7-16/h1-9,18H,10-15H2,(H,21,23). The first kappa shape index (κ1) is 16.6. The summed E-state index contributed by atoms with van der Waals surface area (Å²) in [5.74, 6) is 0.0310. The van der Waals surface area contributed by atoms with E-state index >= 15 is 0 Å². The second-order valence-corrected chi connectivity index (χ2v) is 5.95. The Kier molecular flexibility index (Phi) is 5.93. The first-order valence-electron chi connectivity index (χ1n) is 8.35. The highest BCUT2D eigenvalue weighted by Crippen LogP contribution is 2.16. The largest absolute Gasteiger partial charge is 0.379 e. The molecule has 1 aliphatic rings. The molecular weight excluding hydrogens is 302 g/mol. The van der Waals surface area contributed by atoms with Gasteiger partial charge in [-0.3, -0.25) is 14.7 Å². The molecule has 1 aromatic heterocycles. The van der Waals surface area contributed by atoms with Crippen molar-refractivity contribution in [1.82, 2.24) is 15.2 Å². The summed E-state index contributed by atoms with van der Waals surface area (Å²) >= 11 is 0. The summed E-state index contributed by atoms with van der Waals surface area (Å²) in [7, 11) is 0. The van der Waals surface area contributed by atoms with Crippen molar-refractivity contribution in [3.8, 4) is 0 Å². The molecule has 0 aliphatic carbocycles. The highest BCUT2D eigenvalue weighted by atomic mass is 16.5. The van der Waals surface area contributed by atoms with Crippen LogP contribution in [0, 0.1) is 0 Å². The van der Waals surface area contributed by atoms with Gasteiger partial charge in [-0.1, -0.05) is 36.4 Å². The Bertz CT molecular complexity index is 628. The third kappa shape index (κ3) is 4.88.